The predicted octanol–water partition coefficient (Wildman–Crippen LogP) is 2.97. The summed E-state index contributed by atoms with van der Waals surface area (Å²) in [5, 5.41) is 1.33. The van der Waals surface area contributed by atoms with E-state index in [1.54, 1.807) is 17.2 Å². The molecular weight excluding hydrogens is 344 g/mol. The highest BCUT2D eigenvalue weighted by Crippen LogP contribution is 2.36. The normalized spacial score (nSPS) is 22.2. The summed E-state index contributed by atoms with van der Waals surface area (Å²) >= 11 is 7.39. The predicted molar refractivity (Wildman–Crippen MR) is 97.8 cm³/mol. The van der Waals surface area contributed by atoms with E-state index in [0.717, 1.165) is 11.5 Å². The minimum atomic E-state index is -0.0142. The summed E-state index contributed by atoms with van der Waals surface area (Å²) in [6.45, 7) is 2.52. The van der Waals surface area contributed by atoms with Crippen molar-refractivity contribution in [3.8, 4) is 0 Å². The van der Waals surface area contributed by atoms with Crippen molar-refractivity contribution in [2.75, 3.05) is 13.6 Å². The second-order valence-corrected chi connectivity index (χ2v) is 6.80. The average molecular weight is 362 g/mol. The Kier molecular flexibility index (Phi) is 4.78. The van der Waals surface area contributed by atoms with E-state index in [1.165, 1.54) is 11.8 Å². The molecule has 3 rings (SSSR count). The van der Waals surface area contributed by atoms with Crippen LogP contribution in [0.15, 0.2) is 58.4 Å². The first-order valence-electron chi connectivity index (χ1n) is 7.57. The van der Waals surface area contributed by atoms with E-state index in [4.69, 9.17) is 11.6 Å². The first kappa shape index (κ1) is 16.8. The lowest BCUT2D eigenvalue weighted by Crippen LogP contribution is -2.31. The van der Waals surface area contributed by atoms with Crippen LogP contribution >= 0.6 is 23.4 Å². The van der Waals surface area contributed by atoms with Crippen LogP contribution in [0, 0.1) is 0 Å². The Balaban J connectivity index is 2.02. The van der Waals surface area contributed by atoms with Crippen molar-refractivity contribution in [1.29, 1.82) is 0 Å². The molecule has 2 aliphatic heterocycles. The van der Waals surface area contributed by atoms with Gasteiger partial charge >= 0.3 is 5.82 Å². The molecule has 2 aliphatic rings. The Morgan fingerprint density at radius 2 is 2.12 bits per heavy atom. The molecule has 7 heteroatoms. The second-order valence-electron chi connectivity index (χ2n) is 5.39. The van der Waals surface area contributed by atoms with E-state index in [1.807, 2.05) is 61.0 Å². The van der Waals surface area contributed by atoms with Gasteiger partial charge in [0, 0.05) is 25.9 Å². The molecule has 0 aliphatic carbocycles. The average Bonchev–Trinajstić information content (AvgIpc) is 2.86. The monoisotopic (exact) mass is 361 g/mol. The Morgan fingerprint density at radius 1 is 1.33 bits per heavy atom. The molecule has 24 heavy (non-hydrogen) atoms. The summed E-state index contributed by atoms with van der Waals surface area (Å²) in [5.41, 5.74) is 0.886. The molecule has 1 fully saturated rings. The van der Waals surface area contributed by atoms with Crippen molar-refractivity contribution < 1.29 is 9.36 Å². The molecular formula is C17H18ClN4OS+. The standard InChI is InChI=1S/C17H18ClN4OS/c1-4-22-16(23)15(13-7-5-6-10-20(13)2)24-17(22)19-14-9-8-12(18)11-21(14)3/h5-11H,4H2,1-3H3/q+1. The second kappa shape index (κ2) is 6.83. The fraction of sp³-hybridized carbons (Fsp3) is 0.235. The number of amides is 1. The van der Waals surface area contributed by atoms with Crippen molar-refractivity contribution in [1.82, 2.24) is 9.80 Å². The number of thioether (sulfide) groups is 1. The molecule has 1 amide bonds. The van der Waals surface area contributed by atoms with E-state index in [2.05, 4.69) is 4.99 Å². The van der Waals surface area contributed by atoms with Crippen molar-refractivity contribution in [3.05, 3.63) is 58.4 Å². The maximum Gasteiger partial charge on any atom is 0.326 e. The van der Waals surface area contributed by atoms with Crippen LogP contribution in [0.5, 0.6) is 0 Å². The number of hydrogen-bond acceptors (Lipinski definition) is 4. The lowest BCUT2D eigenvalue weighted by molar-refractivity contribution is -0.658. The molecule has 3 heterocycles. The lowest BCUT2D eigenvalue weighted by Gasteiger charge is -2.19. The van der Waals surface area contributed by atoms with Gasteiger partial charge in [0.05, 0.1) is 17.8 Å². The van der Waals surface area contributed by atoms with Crippen LogP contribution in [0.3, 0.4) is 0 Å². The minimum absolute atomic E-state index is 0.0142. The van der Waals surface area contributed by atoms with Crippen LogP contribution in [0.4, 0.5) is 5.82 Å². The van der Waals surface area contributed by atoms with Crippen molar-refractivity contribution in [2.45, 2.75) is 6.92 Å². The van der Waals surface area contributed by atoms with Gasteiger partial charge < -0.3 is 4.90 Å². The number of carbonyl (C=O) groups is 1. The number of pyridine rings is 1. The summed E-state index contributed by atoms with van der Waals surface area (Å²) in [6, 6.07) is 3.63. The van der Waals surface area contributed by atoms with Crippen LogP contribution in [0.2, 0.25) is 5.02 Å². The van der Waals surface area contributed by atoms with E-state index < -0.39 is 0 Å². The Morgan fingerprint density at radius 3 is 2.79 bits per heavy atom. The molecule has 5 nitrogen and oxygen atoms in total. The molecule has 1 aromatic heterocycles. The van der Waals surface area contributed by atoms with Gasteiger partial charge in [-0.15, -0.1) is 0 Å². The van der Waals surface area contributed by atoms with E-state index in [-0.39, 0.29) is 5.91 Å². The zero-order valence-electron chi connectivity index (χ0n) is 13.7. The first-order valence-corrected chi connectivity index (χ1v) is 8.76. The summed E-state index contributed by atoms with van der Waals surface area (Å²) in [7, 11) is 3.81. The number of aryl methyl sites for hydroxylation is 1. The third kappa shape index (κ3) is 3.12. The van der Waals surface area contributed by atoms with E-state index >= 15 is 0 Å². The number of halogens is 1. The number of likely N-dealkylation sites (N-methyl/N-ethyl adjacent to an activating group) is 2. The van der Waals surface area contributed by atoms with Crippen molar-refractivity contribution >= 4 is 40.3 Å². The SMILES string of the molecule is CCN1C(=O)C(=C2C=CC=CN2C)SC1=Nc1ccc(Cl)c[n+]1C. The molecule has 0 atom stereocenters. The third-order valence-corrected chi connectivity index (χ3v) is 5.05. The molecule has 0 N–H and O–H groups in total. The lowest BCUT2D eigenvalue weighted by atomic mass is 10.2. The number of allylic oxidation sites excluding steroid dienone is 3. The van der Waals surface area contributed by atoms with Gasteiger partial charge in [0.25, 0.3) is 11.1 Å². The maximum atomic E-state index is 12.8. The quantitative estimate of drug-likeness (QED) is 0.600. The molecule has 0 unspecified atom stereocenters. The smallest absolute Gasteiger partial charge is 0.326 e. The number of aliphatic imine (C=N–C) groups is 1. The zero-order valence-corrected chi connectivity index (χ0v) is 15.3. The Bertz CT molecular complexity index is 813. The van der Waals surface area contributed by atoms with Crippen LogP contribution in [-0.4, -0.2) is 34.5 Å². The molecule has 0 aromatic carbocycles. The van der Waals surface area contributed by atoms with E-state index in [0.29, 0.717) is 21.6 Å². The van der Waals surface area contributed by atoms with Gasteiger partial charge in [-0.1, -0.05) is 17.7 Å². The molecule has 0 spiro atoms. The van der Waals surface area contributed by atoms with Gasteiger partial charge in [-0.05, 0) is 41.9 Å². The number of nitrogens with zero attached hydrogens (tertiary/aromatic N) is 4. The first-order chi connectivity index (χ1) is 11.5. The molecule has 0 bridgehead atoms. The Hall–Kier alpha value is -2.05. The minimum Gasteiger partial charge on any atom is -0.350 e. The van der Waals surface area contributed by atoms with Gasteiger partial charge in [-0.2, -0.15) is 0 Å². The highest BCUT2D eigenvalue weighted by molar-refractivity contribution is 8.18. The fourth-order valence-corrected chi connectivity index (χ4v) is 3.83. The topological polar surface area (TPSA) is 39.8 Å². The number of carbonyl (C=O) groups excluding carboxylic acids is 1. The molecule has 124 valence electrons. The van der Waals surface area contributed by atoms with Gasteiger partial charge in [0.15, 0.2) is 0 Å². The molecule has 1 aromatic rings. The highest BCUT2D eigenvalue weighted by atomic mass is 35.5. The summed E-state index contributed by atoms with van der Waals surface area (Å²) < 4.78 is 1.84. The number of rotatable bonds is 2. The largest absolute Gasteiger partial charge is 0.350 e. The van der Waals surface area contributed by atoms with Gasteiger partial charge in [0.2, 0.25) is 0 Å². The van der Waals surface area contributed by atoms with Gasteiger partial charge in [0.1, 0.15) is 11.1 Å². The number of hydrogen-bond donors (Lipinski definition) is 0. The van der Waals surface area contributed by atoms with E-state index in [9.17, 15) is 4.79 Å². The van der Waals surface area contributed by atoms with Crippen LogP contribution in [0.1, 0.15) is 6.92 Å². The molecule has 0 saturated carbocycles. The number of amidine groups is 1. The van der Waals surface area contributed by atoms with Crippen LogP contribution < -0.4 is 4.57 Å². The highest BCUT2D eigenvalue weighted by Gasteiger charge is 2.38. The van der Waals surface area contributed by atoms with Crippen molar-refractivity contribution in [2.24, 2.45) is 12.0 Å². The summed E-state index contributed by atoms with van der Waals surface area (Å²) in [5.74, 6) is 0.728. The number of aromatic nitrogens is 1. The van der Waals surface area contributed by atoms with Crippen molar-refractivity contribution in [3.63, 3.8) is 0 Å². The fourth-order valence-electron chi connectivity index (χ4n) is 2.46. The maximum absolute atomic E-state index is 12.8. The molecule has 1 saturated heterocycles. The summed E-state index contributed by atoms with van der Waals surface area (Å²) in [4.78, 5) is 21.8. The Labute approximate surface area is 150 Å². The van der Waals surface area contributed by atoms with Crippen LogP contribution in [-0.2, 0) is 11.8 Å². The summed E-state index contributed by atoms with van der Waals surface area (Å²) in [6.07, 6.45) is 9.54. The van der Waals surface area contributed by atoms with Crippen LogP contribution in [0.25, 0.3) is 0 Å². The molecule has 0 radical (unpaired) electrons. The van der Waals surface area contributed by atoms with Gasteiger partial charge in [-0.25, -0.2) is 4.57 Å². The zero-order chi connectivity index (χ0) is 17.3. The third-order valence-electron chi connectivity index (χ3n) is 3.75. The van der Waals surface area contributed by atoms with Gasteiger partial charge in [-0.3, -0.25) is 9.69 Å².